The molecule has 0 radical (unpaired) electrons. The minimum atomic E-state index is 0.00709. The average molecular weight is 199 g/mol. The summed E-state index contributed by atoms with van der Waals surface area (Å²) in [5.41, 5.74) is 1.49. The van der Waals surface area contributed by atoms with Gasteiger partial charge in [-0.1, -0.05) is 11.6 Å². The van der Waals surface area contributed by atoms with Crippen LogP contribution in [0.2, 0.25) is 5.02 Å². The zero-order chi connectivity index (χ0) is 10.0. The predicted octanol–water partition coefficient (Wildman–Crippen LogP) is 2.86. The summed E-state index contributed by atoms with van der Waals surface area (Å²) in [5.74, 6) is 0.638. The van der Waals surface area contributed by atoms with Gasteiger partial charge < -0.3 is 4.74 Å². The molecular formula is C10H11ClO2. The lowest BCUT2D eigenvalue weighted by atomic mass is 10.1. The Hall–Kier alpha value is -1.02. The van der Waals surface area contributed by atoms with Crippen LogP contribution >= 0.6 is 11.6 Å². The van der Waals surface area contributed by atoms with E-state index >= 15 is 0 Å². The Balaban J connectivity index is 3.28. The van der Waals surface area contributed by atoms with Gasteiger partial charge in [-0.25, -0.2) is 0 Å². The van der Waals surface area contributed by atoms with Crippen LogP contribution in [0.4, 0.5) is 0 Å². The highest BCUT2D eigenvalue weighted by molar-refractivity contribution is 6.32. The van der Waals surface area contributed by atoms with Crippen LogP contribution in [0, 0.1) is 6.92 Å². The van der Waals surface area contributed by atoms with Crippen molar-refractivity contribution in [2.45, 2.75) is 13.8 Å². The molecule has 0 unspecified atom stereocenters. The fourth-order valence-corrected chi connectivity index (χ4v) is 1.54. The van der Waals surface area contributed by atoms with Crippen LogP contribution in [0.15, 0.2) is 12.1 Å². The maximum absolute atomic E-state index is 11.0. The molecule has 1 aromatic rings. The summed E-state index contributed by atoms with van der Waals surface area (Å²) in [7, 11) is 1.56. The van der Waals surface area contributed by atoms with E-state index in [2.05, 4.69) is 0 Å². The number of hydrogen-bond acceptors (Lipinski definition) is 2. The summed E-state index contributed by atoms with van der Waals surface area (Å²) >= 11 is 5.90. The normalized spacial score (nSPS) is 9.85. The second-order valence-electron chi connectivity index (χ2n) is 2.86. The fourth-order valence-electron chi connectivity index (χ4n) is 1.19. The van der Waals surface area contributed by atoms with Gasteiger partial charge in [0.15, 0.2) is 5.78 Å². The molecule has 3 heteroatoms. The smallest absolute Gasteiger partial charge is 0.159 e. The van der Waals surface area contributed by atoms with Crippen molar-refractivity contribution >= 4 is 17.4 Å². The Morgan fingerprint density at radius 1 is 1.46 bits per heavy atom. The summed E-state index contributed by atoms with van der Waals surface area (Å²) < 4.78 is 5.07. The van der Waals surface area contributed by atoms with Crippen molar-refractivity contribution in [2.24, 2.45) is 0 Å². The maximum atomic E-state index is 11.0. The molecule has 0 heterocycles. The van der Waals surface area contributed by atoms with Gasteiger partial charge in [-0.05, 0) is 31.5 Å². The molecule has 1 rings (SSSR count). The largest absolute Gasteiger partial charge is 0.495 e. The highest BCUT2D eigenvalue weighted by Gasteiger charge is 2.08. The van der Waals surface area contributed by atoms with Crippen molar-refractivity contribution in [1.29, 1.82) is 0 Å². The van der Waals surface area contributed by atoms with Crippen molar-refractivity contribution in [3.05, 3.63) is 28.3 Å². The zero-order valence-corrected chi connectivity index (χ0v) is 8.61. The number of carbonyl (C=O) groups is 1. The Labute approximate surface area is 82.5 Å². The first-order valence-electron chi connectivity index (χ1n) is 3.91. The molecular weight excluding hydrogens is 188 g/mol. The quantitative estimate of drug-likeness (QED) is 0.684. The maximum Gasteiger partial charge on any atom is 0.159 e. The number of hydrogen-bond donors (Lipinski definition) is 0. The van der Waals surface area contributed by atoms with Crippen LogP contribution in [-0.4, -0.2) is 12.9 Å². The van der Waals surface area contributed by atoms with E-state index in [1.54, 1.807) is 19.2 Å². The second-order valence-corrected chi connectivity index (χ2v) is 3.27. The fraction of sp³-hybridized carbons (Fsp3) is 0.300. The SMILES string of the molecule is COc1c(C)cc(C(C)=O)cc1Cl. The molecule has 13 heavy (non-hydrogen) atoms. The summed E-state index contributed by atoms with van der Waals surface area (Å²) in [5, 5.41) is 0.479. The molecule has 0 amide bonds. The molecule has 2 nitrogen and oxygen atoms in total. The van der Waals surface area contributed by atoms with E-state index < -0.39 is 0 Å². The highest BCUT2D eigenvalue weighted by Crippen LogP contribution is 2.29. The molecule has 0 saturated carbocycles. The molecule has 0 aromatic heterocycles. The monoisotopic (exact) mass is 198 g/mol. The van der Waals surface area contributed by atoms with E-state index in [0.29, 0.717) is 16.3 Å². The Morgan fingerprint density at radius 3 is 2.46 bits per heavy atom. The van der Waals surface area contributed by atoms with Crippen LogP contribution in [0.1, 0.15) is 22.8 Å². The summed E-state index contributed by atoms with van der Waals surface area (Å²) in [6, 6.07) is 3.39. The van der Waals surface area contributed by atoms with Crippen molar-refractivity contribution in [2.75, 3.05) is 7.11 Å². The van der Waals surface area contributed by atoms with Crippen molar-refractivity contribution < 1.29 is 9.53 Å². The number of aryl methyl sites for hydroxylation is 1. The molecule has 0 bridgehead atoms. The van der Waals surface area contributed by atoms with Crippen LogP contribution in [0.5, 0.6) is 5.75 Å². The van der Waals surface area contributed by atoms with Crippen molar-refractivity contribution in [3.8, 4) is 5.75 Å². The molecule has 1 aromatic carbocycles. The molecule has 0 saturated heterocycles. The molecule has 0 aliphatic carbocycles. The van der Waals surface area contributed by atoms with E-state index in [-0.39, 0.29) is 5.78 Å². The van der Waals surface area contributed by atoms with E-state index in [4.69, 9.17) is 16.3 Å². The molecule has 0 atom stereocenters. The lowest BCUT2D eigenvalue weighted by Crippen LogP contribution is -1.95. The van der Waals surface area contributed by atoms with Crippen LogP contribution in [-0.2, 0) is 0 Å². The molecule has 0 aliphatic heterocycles. The van der Waals surface area contributed by atoms with Crippen LogP contribution < -0.4 is 4.74 Å². The number of halogens is 1. The number of ketones is 1. The number of ether oxygens (including phenoxy) is 1. The van der Waals surface area contributed by atoms with E-state index in [1.807, 2.05) is 6.92 Å². The molecule has 70 valence electrons. The topological polar surface area (TPSA) is 26.3 Å². The van der Waals surface area contributed by atoms with Gasteiger partial charge in [0.2, 0.25) is 0 Å². The number of Topliss-reactive ketones (excluding diaryl/α,β-unsaturated/α-hetero) is 1. The van der Waals surface area contributed by atoms with Gasteiger partial charge in [-0.3, -0.25) is 4.79 Å². The van der Waals surface area contributed by atoms with Gasteiger partial charge >= 0.3 is 0 Å². The van der Waals surface area contributed by atoms with Gasteiger partial charge in [0.25, 0.3) is 0 Å². The Kier molecular flexibility index (Phi) is 2.94. The summed E-state index contributed by atoms with van der Waals surface area (Å²) in [6.07, 6.45) is 0. The first-order chi connectivity index (χ1) is 6.06. The van der Waals surface area contributed by atoms with Gasteiger partial charge in [0.1, 0.15) is 5.75 Å². The first kappa shape index (κ1) is 10.1. The lowest BCUT2D eigenvalue weighted by molar-refractivity contribution is 0.101. The molecule has 0 spiro atoms. The highest BCUT2D eigenvalue weighted by atomic mass is 35.5. The van der Waals surface area contributed by atoms with Gasteiger partial charge in [0, 0.05) is 5.56 Å². The third kappa shape index (κ3) is 2.01. The number of carbonyl (C=O) groups excluding carboxylic acids is 1. The first-order valence-corrected chi connectivity index (χ1v) is 4.29. The third-order valence-corrected chi connectivity index (χ3v) is 2.12. The average Bonchev–Trinajstić information content (AvgIpc) is 2.03. The number of methoxy groups -OCH3 is 1. The Morgan fingerprint density at radius 2 is 2.08 bits per heavy atom. The van der Waals surface area contributed by atoms with E-state index in [1.165, 1.54) is 6.92 Å². The van der Waals surface area contributed by atoms with Crippen molar-refractivity contribution in [1.82, 2.24) is 0 Å². The lowest BCUT2D eigenvalue weighted by Gasteiger charge is -2.07. The number of benzene rings is 1. The summed E-state index contributed by atoms with van der Waals surface area (Å²) in [6.45, 7) is 3.37. The molecule has 0 aliphatic rings. The van der Waals surface area contributed by atoms with Gasteiger partial charge in [-0.15, -0.1) is 0 Å². The minimum absolute atomic E-state index is 0.00709. The zero-order valence-electron chi connectivity index (χ0n) is 7.85. The van der Waals surface area contributed by atoms with Crippen LogP contribution in [0.3, 0.4) is 0 Å². The molecule has 0 N–H and O–H groups in total. The second kappa shape index (κ2) is 3.79. The van der Waals surface area contributed by atoms with Gasteiger partial charge in [-0.2, -0.15) is 0 Å². The van der Waals surface area contributed by atoms with Gasteiger partial charge in [0.05, 0.1) is 12.1 Å². The van der Waals surface area contributed by atoms with Crippen molar-refractivity contribution in [3.63, 3.8) is 0 Å². The molecule has 0 fully saturated rings. The standard InChI is InChI=1S/C10H11ClO2/c1-6-4-8(7(2)12)5-9(11)10(6)13-3/h4-5H,1-3H3. The summed E-state index contributed by atoms with van der Waals surface area (Å²) in [4.78, 5) is 11.0. The predicted molar refractivity (Wildman–Crippen MR) is 52.7 cm³/mol. The van der Waals surface area contributed by atoms with E-state index in [9.17, 15) is 4.79 Å². The third-order valence-electron chi connectivity index (χ3n) is 1.84. The Bertz CT molecular complexity index is 322. The minimum Gasteiger partial charge on any atom is -0.495 e. The number of rotatable bonds is 2. The van der Waals surface area contributed by atoms with E-state index in [0.717, 1.165) is 5.56 Å². The van der Waals surface area contributed by atoms with Crippen LogP contribution in [0.25, 0.3) is 0 Å².